The van der Waals surface area contributed by atoms with E-state index >= 15 is 0 Å². The van der Waals surface area contributed by atoms with Gasteiger partial charge in [0.2, 0.25) is 21.8 Å². The molecule has 7 nitrogen and oxygen atoms in total. The van der Waals surface area contributed by atoms with Crippen molar-refractivity contribution in [1.29, 1.82) is 0 Å². The number of nitrogens with one attached hydrogen (secondary N) is 1. The second kappa shape index (κ2) is 10.9. The zero-order valence-electron chi connectivity index (χ0n) is 20.8. The SMILES string of the molecule is Cc1ccc(C)c(N(CC(=O)N(Cc2cccc(Br)c2)[C@@H](C)C(=O)NC(C)(C)C)S(C)(=O)=O)c1. The molecule has 0 radical (unpaired) electrons. The Morgan fingerprint density at radius 2 is 1.74 bits per heavy atom. The number of carbonyl (C=O) groups is 2. The summed E-state index contributed by atoms with van der Waals surface area (Å²) in [5.41, 5.74) is 2.40. The van der Waals surface area contributed by atoms with Gasteiger partial charge < -0.3 is 10.2 Å². The van der Waals surface area contributed by atoms with Gasteiger partial charge in [0.25, 0.3) is 0 Å². The van der Waals surface area contributed by atoms with E-state index in [4.69, 9.17) is 0 Å². The van der Waals surface area contributed by atoms with Crippen molar-refractivity contribution in [3.8, 4) is 0 Å². The maximum absolute atomic E-state index is 13.6. The second-order valence-corrected chi connectivity index (χ2v) is 12.4. The first-order valence-electron chi connectivity index (χ1n) is 11.0. The van der Waals surface area contributed by atoms with Gasteiger partial charge in [0, 0.05) is 16.6 Å². The lowest BCUT2D eigenvalue weighted by Crippen LogP contribution is -2.54. The Morgan fingerprint density at radius 3 is 2.29 bits per heavy atom. The molecule has 1 N–H and O–H groups in total. The van der Waals surface area contributed by atoms with E-state index in [1.807, 2.05) is 64.1 Å². The first-order chi connectivity index (χ1) is 15.6. The summed E-state index contributed by atoms with van der Waals surface area (Å²) in [6, 6.07) is 12.1. The van der Waals surface area contributed by atoms with Crippen molar-refractivity contribution >= 4 is 43.5 Å². The van der Waals surface area contributed by atoms with Crippen molar-refractivity contribution in [3.63, 3.8) is 0 Å². The Hall–Kier alpha value is -2.39. The van der Waals surface area contributed by atoms with Crippen LogP contribution in [0.25, 0.3) is 0 Å². The Labute approximate surface area is 211 Å². The minimum Gasteiger partial charge on any atom is -0.350 e. The summed E-state index contributed by atoms with van der Waals surface area (Å²) in [6.45, 7) is 10.7. The maximum atomic E-state index is 13.6. The molecule has 0 aliphatic carbocycles. The van der Waals surface area contributed by atoms with Gasteiger partial charge in [-0.25, -0.2) is 8.42 Å². The number of carbonyl (C=O) groups excluding carboxylic acids is 2. The first kappa shape index (κ1) is 27.9. The molecule has 0 heterocycles. The number of sulfonamides is 1. The third-order valence-corrected chi connectivity index (χ3v) is 6.84. The van der Waals surface area contributed by atoms with Crippen molar-refractivity contribution in [3.05, 3.63) is 63.6 Å². The predicted molar refractivity (Wildman–Crippen MR) is 140 cm³/mol. The van der Waals surface area contributed by atoms with Gasteiger partial charge in [-0.05, 0) is 76.4 Å². The molecule has 2 aromatic rings. The molecule has 0 fully saturated rings. The molecule has 1 atom stereocenters. The molecule has 0 aliphatic rings. The number of anilines is 1. The van der Waals surface area contributed by atoms with Gasteiger partial charge in [0.1, 0.15) is 12.6 Å². The second-order valence-electron chi connectivity index (χ2n) is 9.63. The molecular weight excluding hydrogens is 518 g/mol. The summed E-state index contributed by atoms with van der Waals surface area (Å²) in [5, 5.41) is 2.91. The van der Waals surface area contributed by atoms with E-state index in [2.05, 4.69) is 21.2 Å². The molecule has 0 aliphatic heterocycles. The summed E-state index contributed by atoms with van der Waals surface area (Å²) in [6.07, 6.45) is 1.08. The van der Waals surface area contributed by atoms with Crippen LogP contribution < -0.4 is 9.62 Å². The number of hydrogen-bond donors (Lipinski definition) is 1. The molecule has 0 saturated carbocycles. The van der Waals surface area contributed by atoms with E-state index < -0.39 is 34.1 Å². The fraction of sp³-hybridized carbons (Fsp3) is 0.440. The molecule has 0 spiro atoms. The largest absolute Gasteiger partial charge is 0.350 e. The highest BCUT2D eigenvalue weighted by molar-refractivity contribution is 9.10. The number of benzene rings is 2. The Kier molecular flexibility index (Phi) is 8.93. The predicted octanol–water partition coefficient (Wildman–Crippen LogP) is 4.16. The average molecular weight is 553 g/mol. The molecule has 9 heteroatoms. The summed E-state index contributed by atoms with van der Waals surface area (Å²) < 4.78 is 27.4. The Bertz CT molecular complexity index is 1160. The van der Waals surface area contributed by atoms with Gasteiger partial charge in [-0.3, -0.25) is 13.9 Å². The number of amides is 2. The molecule has 0 bridgehead atoms. The van der Waals surface area contributed by atoms with Crippen LogP contribution in [-0.4, -0.2) is 49.5 Å². The number of aryl methyl sites for hydroxylation is 2. The Balaban J connectivity index is 2.45. The summed E-state index contributed by atoms with van der Waals surface area (Å²) >= 11 is 3.44. The van der Waals surface area contributed by atoms with Crippen LogP contribution in [0.1, 0.15) is 44.4 Å². The zero-order valence-corrected chi connectivity index (χ0v) is 23.2. The summed E-state index contributed by atoms with van der Waals surface area (Å²) in [7, 11) is -3.76. The van der Waals surface area contributed by atoms with Crippen LogP contribution in [0.3, 0.4) is 0 Å². The van der Waals surface area contributed by atoms with Gasteiger partial charge in [0.15, 0.2) is 0 Å². The van der Waals surface area contributed by atoms with E-state index in [0.29, 0.717) is 5.69 Å². The monoisotopic (exact) mass is 551 g/mol. The minimum absolute atomic E-state index is 0.154. The molecule has 2 amide bonds. The third kappa shape index (κ3) is 7.84. The van der Waals surface area contributed by atoms with Crippen LogP contribution in [0.4, 0.5) is 5.69 Å². The lowest BCUT2D eigenvalue weighted by molar-refractivity contribution is -0.140. The van der Waals surface area contributed by atoms with Crippen molar-refractivity contribution in [2.45, 2.75) is 59.7 Å². The topological polar surface area (TPSA) is 86.8 Å². The van der Waals surface area contributed by atoms with Gasteiger partial charge in [-0.15, -0.1) is 0 Å². The van der Waals surface area contributed by atoms with Crippen molar-refractivity contribution in [2.75, 3.05) is 17.1 Å². The summed E-state index contributed by atoms with van der Waals surface area (Å²) in [5.74, 6) is -0.781. The van der Waals surface area contributed by atoms with Crippen molar-refractivity contribution in [2.24, 2.45) is 0 Å². The van der Waals surface area contributed by atoms with E-state index in [1.165, 1.54) is 4.90 Å². The van der Waals surface area contributed by atoms with E-state index in [9.17, 15) is 18.0 Å². The van der Waals surface area contributed by atoms with Gasteiger partial charge in [-0.1, -0.05) is 40.2 Å². The fourth-order valence-corrected chi connectivity index (χ4v) is 4.82. The smallest absolute Gasteiger partial charge is 0.244 e. The first-order valence-corrected chi connectivity index (χ1v) is 13.6. The quantitative estimate of drug-likeness (QED) is 0.533. The van der Waals surface area contributed by atoms with E-state index in [-0.39, 0.29) is 12.5 Å². The number of halogens is 1. The van der Waals surface area contributed by atoms with Crippen LogP contribution in [0.2, 0.25) is 0 Å². The molecule has 0 aromatic heterocycles. The van der Waals surface area contributed by atoms with Crippen LogP contribution in [-0.2, 0) is 26.2 Å². The van der Waals surface area contributed by atoms with Crippen LogP contribution in [0, 0.1) is 13.8 Å². The van der Waals surface area contributed by atoms with Gasteiger partial charge in [-0.2, -0.15) is 0 Å². The highest BCUT2D eigenvalue weighted by atomic mass is 79.9. The maximum Gasteiger partial charge on any atom is 0.244 e. The zero-order chi connectivity index (χ0) is 25.8. The summed E-state index contributed by atoms with van der Waals surface area (Å²) in [4.78, 5) is 28.0. The molecule has 34 heavy (non-hydrogen) atoms. The molecule has 186 valence electrons. The lowest BCUT2D eigenvalue weighted by Gasteiger charge is -2.33. The van der Waals surface area contributed by atoms with E-state index in [1.54, 1.807) is 19.9 Å². The lowest BCUT2D eigenvalue weighted by atomic mass is 10.1. The van der Waals surface area contributed by atoms with Crippen molar-refractivity contribution < 1.29 is 18.0 Å². The van der Waals surface area contributed by atoms with Crippen molar-refractivity contribution in [1.82, 2.24) is 10.2 Å². The highest BCUT2D eigenvalue weighted by Crippen LogP contribution is 2.25. The Morgan fingerprint density at radius 1 is 1.09 bits per heavy atom. The molecule has 0 saturated heterocycles. The van der Waals surface area contributed by atoms with E-state index in [0.717, 1.165) is 31.7 Å². The highest BCUT2D eigenvalue weighted by Gasteiger charge is 2.31. The van der Waals surface area contributed by atoms with Gasteiger partial charge in [0.05, 0.1) is 11.9 Å². The fourth-order valence-electron chi connectivity index (χ4n) is 3.47. The normalized spacial score (nSPS) is 12.7. The molecule has 2 rings (SSSR count). The number of hydrogen-bond acceptors (Lipinski definition) is 4. The third-order valence-electron chi connectivity index (χ3n) is 5.22. The molecule has 0 unspecified atom stereocenters. The van der Waals surface area contributed by atoms with Crippen LogP contribution >= 0.6 is 15.9 Å². The van der Waals surface area contributed by atoms with Gasteiger partial charge >= 0.3 is 0 Å². The standard InChI is InChI=1S/C25H34BrN3O4S/c1-17-11-12-18(2)22(13-17)29(34(7,32)33)16-23(30)28(15-20-9-8-10-21(26)14-20)19(3)24(31)27-25(4,5)6/h8-14,19H,15-16H2,1-7H3,(H,27,31)/t19-/m0/s1. The minimum atomic E-state index is -3.76. The average Bonchev–Trinajstić information content (AvgIpc) is 2.69. The number of rotatable bonds is 8. The molecular formula is C25H34BrN3O4S. The van der Waals surface area contributed by atoms with Crippen LogP contribution in [0.15, 0.2) is 46.9 Å². The van der Waals surface area contributed by atoms with Crippen LogP contribution in [0.5, 0.6) is 0 Å². The number of nitrogens with zero attached hydrogens (tertiary/aromatic N) is 2. The molecule has 2 aromatic carbocycles.